The zero-order chi connectivity index (χ0) is 21.9. The second-order valence-electron chi connectivity index (χ2n) is 6.17. The SMILES string of the molecule is CCOC(=O)C1=CC(=O)C(C(=O)OCC)=C(S(=O)(=O)c2cc(C)ccc2C)C1=O. The van der Waals surface area contributed by atoms with Gasteiger partial charge in [0.1, 0.15) is 16.1 Å². The van der Waals surface area contributed by atoms with E-state index in [1.807, 2.05) is 0 Å². The third-order valence-electron chi connectivity index (χ3n) is 4.08. The summed E-state index contributed by atoms with van der Waals surface area (Å²) < 4.78 is 36.2. The predicted octanol–water partition coefficient (Wildman–Crippen LogP) is 1.54. The van der Waals surface area contributed by atoms with E-state index in [4.69, 9.17) is 9.47 Å². The molecule has 0 saturated carbocycles. The van der Waals surface area contributed by atoms with Crippen LogP contribution in [0.3, 0.4) is 0 Å². The number of allylic oxidation sites excluding steroid dienone is 2. The number of ketones is 2. The molecule has 29 heavy (non-hydrogen) atoms. The first-order valence-corrected chi connectivity index (χ1v) is 10.3. The Morgan fingerprint density at radius 3 is 2.14 bits per heavy atom. The van der Waals surface area contributed by atoms with E-state index < -0.39 is 49.4 Å². The molecule has 0 aromatic heterocycles. The van der Waals surface area contributed by atoms with Crippen molar-refractivity contribution in [3.8, 4) is 0 Å². The van der Waals surface area contributed by atoms with Gasteiger partial charge in [-0.1, -0.05) is 12.1 Å². The Balaban J connectivity index is 2.81. The molecule has 0 unspecified atom stereocenters. The van der Waals surface area contributed by atoms with Crippen molar-refractivity contribution in [1.82, 2.24) is 0 Å². The van der Waals surface area contributed by atoms with Crippen molar-refractivity contribution < 1.29 is 37.1 Å². The molecular weight excluding hydrogens is 400 g/mol. The molecule has 0 radical (unpaired) electrons. The van der Waals surface area contributed by atoms with E-state index in [1.54, 1.807) is 13.0 Å². The number of carbonyl (C=O) groups excluding carboxylic acids is 4. The fourth-order valence-corrected chi connectivity index (χ4v) is 4.60. The Labute approximate surface area is 168 Å². The molecule has 0 aliphatic heterocycles. The summed E-state index contributed by atoms with van der Waals surface area (Å²) in [5, 5.41) is 0. The Morgan fingerprint density at radius 1 is 0.966 bits per heavy atom. The minimum absolute atomic E-state index is 0.0921. The molecule has 0 N–H and O–H groups in total. The highest BCUT2D eigenvalue weighted by molar-refractivity contribution is 7.96. The van der Waals surface area contributed by atoms with E-state index in [9.17, 15) is 27.6 Å². The lowest BCUT2D eigenvalue weighted by atomic mass is 9.96. The summed E-state index contributed by atoms with van der Waals surface area (Å²) in [7, 11) is -4.63. The molecule has 0 atom stereocenters. The van der Waals surface area contributed by atoms with Crippen LogP contribution in [0.1, 0.15) is 25.0 Å². The second kappa shape index (κ2) is 8.52. The summed E-state index contributed by atoms with van der Waals surface area (Å²) in [6, 6.07) is 4.53. The molecule has 0 amide bonds. The number of sulfone groups is 1. The van der Waals surface area contributed by atoms with Crippen LogP contribution in [0.2, 0.25) is 0 Å². The number of esters is 2. The van der Waals surface area contributed by atoms with Gasteiger partial charge in [-0.2, -0.15) is 0 Å². The summed E-state index contributed by atoms with van der Waals surface area (Å²) in [5.41, 5.74) is -0.790. The van der Waals surface area contributed by atoms with Crippen molar-refractivity contribution in [3.05, 3.63) is 51.5 Å². The number of rotatable bonds is 6. The van der Waals surface area contributed by atoms with Crippen molar-refractivity contribution in [3.63, 3.8) is 0 Å². The van der Waals surface area contributed by atoms with Crippen molar-refractivity contribution in [2.24, 2.45) is 0 Å². The van der Waals surface area contributed by atoms with E-state index in [1.165, 1.54) is 32.9 Å². The van der Waals surface area contributed by atoms with Crippen LogP contribution in [0, 0.1) is 13.8 Å². The van der Waals surface area contributed by atoms with Gasteiger partial charge in [0.05, 0.1) is 18.1 Å². The van der Waals surface area contributed by atoms with Gasteiger partial charge in [-0.3, -0.25) is 9.59 Å². The lowest BCUT2D eigenvalue weighted by Gasteiger charge is -2.18. The lowest BCUT2D eigenvalue weighted by Crippen LogP contribution is -2.32. The van der Waals surface area contributed by atoms with Crippen LogP contribution in [-0.2, 0) is 38.5 Å². The van der Waals surface area contributed by atoms with Crippen molar-refractivity contribution in [2.45, 2.75) is 32.6 Å². The second-order valence-corrected chi connectivity index (χ2v) is 8.02. The number of aryl methyl sites for hydroxylation is 2. The monoisotopic (exact) mass is 420 g/mol. The summed E-state index contributed by atoms with van der Waals surface area (Å²) in [6.07, 6.45) is 0.606. The molecule has 1 aliphatic rings. The lowest BCUT2D eigenvalue weighted by molar-refractivity contribution is -0.142. The minimum atomic E-state index is -4.63. The van der Waals surface area contributed by atoms with Crippen LogP contribution in [0.4, 0.5) is 0 Å². The highest BCUT2D eigenvalue weighted by atomic mass is 32.2. The minimum Gasteiger partial charge on any atom is -0.462 e. The van der Waals surface area contributed by atoms with E-state index in [2.05, 4.69) is 0 Å². The number of ether oxygens (including phenoxy) is 2. The third kappa shape index (κ3) is 4.19. The van der Waals surface area contributed by atoms with Gasteiger partial charge >= 0.3 is 11.9 Å². The van der Waals surface area contributed by atoms with E-state index in [0.717, 1.165) is 0 Å². The normalized spacial score (nSPS) is 14.6. The molecule has 2 rings (SSSR count). The first-order chi connectivity index (χ1) is 13.6. The maximum Gasteiger partial charge on any atom is 0.343 e. The van der Waals surface area contributed by atoms with E-state index >= 15 is 0 Å². The van der Waals surface area contributed by atoms with Gasteiger partial charge in [0.25, 0.3) is 0 Å². The Kier molecular flexibility index (Phi) is 6.53. The first kappa shape index (κ1) is 22.2. The van der Waals surface area contributed by atoms with Crippen molar-refractivity contribution in [2.75, 3.05) is 13.2 Å². The van der Waals surface area contributed by atoms with Crippen LogP contribution >= 0.6 is 0 Å². The fraction of sp³-hybridized carbons (Fsp3) is 0.300. The van der Waals surface area contributed by atoms with Crippen LogP contribution in [-0.4, -0.2) is 45.1 Å². The number of carbonyl (C=O) groups is 4. The largest absolute Gasteiger partial charge is 0.462 e. The summed E-state index contributed by atoms with van der Waals surface area (Å²) in [5.74, 6) is -4.81. The molecule has 1 aliphatic carbocycles. The molecule has 1 aromatic carbocycles. The zero-order valence-corrected chi connectivity index (χ0v) is 17.2. The van der Waals surface area contributed by atoms with Crippen molar-refractivity contribution in [1.29, 1.82) is 0 Å². The van der Waals surface area contributed by atoms with Crippen LogP contribution in [0.15, 0.2) is 45.2 Å². The van der Waals surface area contributed by atoms with Crippen LogP contribution in [0.25, 0.3) is 0 Å². The zero-order valence-electron chi connectivity index (χ0n) is 16.4. The Morgan fingerprint density at radius 2 is 1.55 bits per heavy atom. The van der Waals surface area contributed by atoms with Crippen LogP contribution < -0.4 is 0 Å². The predicted molar refractivity (Wildman–Crippen MR) is 101 cm³/mol. The Hall–Kier alpha value is -3.07. The number of hydrogen-bond acceptors (Lipinski definition) is 8. The molecule has 0 bridgehead atoms. The molecule has 0 heterocycles. The van der Waals surface area contributed by atoms with Gasteiger partial charge < -0.3 is 9.47 Å². The molecule has 154 valence electrons. The smallest absolute Gasteiger partial charge is 0.343 e. The summed E-state index contributed by atoms with van der Waals surface area (Å²) >= 11 is 0. The number of hydrogen-bond donors (Lipinski definition) is 0. The van der Waals surface area contributed by atoms with Crippen molar-refractivity contribution >= 4 is 33.3 Å². The number of benzene rings is 1. The molecule has 0 saturated heterocycles. The molecule has 0 fully saturated rings. The number of Topliss-reactive ketones (excluding diaryl/α,β-unsaturated/α-hetero) is 1. The summed E-state index contributed by atoms with van der Waals surface area (Å²) in [6.45, 7) is 5.87. The first-order valence-electron chi connectivity index (χ1n) is 8.77. The van der Waals surface area contributed by atoms with E-state index in [0.29, 0.717) is 17.2 Å². The fourth-order valence-electron chi connectivity index (χ4n) is 2.74. The Bertz CT molecular complexity index is 1070. The van der Waals surface area contributed by atoms with Gasteiger partial charge in [-0.05, 0) is 44.9 Å². The topological polar surface area (TPSA) is 121 Å². The van der Waals surface area contributed by atoms with Gasteiger partial charge in [-0.25, -0.2) is 18.0 Å². The average molecular weight is 420 g/mol. The average Bonchev–Trinajstić information content (AvgIpc) is 2.64. The maximum atomic E-state index is 13.3. The molecule has 0 spiro atoms. The van der Waals surface area contributed by atoms with E-state index in [-0.39, 0.29) is 18.1 Å². The maximum absolute atomic E-state index is 13.3. The third-order valence-corrected chi connectivity index (χ3v) is 6.02. The molecular formula is C20H20O8S. The van der Waals surface area contributed by atoms with Gasteiger partial charge in [0.2, 0.25) is 15.6 Å². The van der Waals surface area contributed by atoms with Gasteiger partial charge in [-0.15, -0.1) is 0 Å². The molecule has 8 nitrogen and oxygen atoms in total. The molecule has 9 heteroatoms. The highest BCUT2D eigenvalue weighted by Gasteiger charge is 2.43. The van der Waals surface area contributed by atoms with Gasteiger partial charge in [0.15, 0.2) is 5.78 Å². The van der Waals surface area contributed by atoms with Crippen LogP contribution in [0.5, 0.6) is 0 Å². The highest BCUT2D eigenvalue weighted by Crippen LogP contribution is 2.32. The molecule has 1 aromatic rings. The standard InChI is InChI=1S/C20H20O8S/c1-5-27-19(23)13-10-14(21)16(20(24)28-6-2)18(17(13)22)29(25,26)15-9-11(3)7-8-12(15)4/h7-10H,5-6H2,1-4H3. The van der Waals surface area contributed by atoms with Gasteiger partial charge in [0, 0.05) is 6.08 Å². The summed E-state index contributed by atoms with van der Waals surface area (Å²) in [4.78, 5) is 48.6. The quantitative estimate of drug-likeness (QED) is 0.386.